The molecule has 0 aliphatic carbocycles. The van der Waals surface area contributed by atoms with Crippen LogP contribution in [0.15, 0.2) is 49.1 Å². The SMILES string of the molecule is CC(C)Cc1cc2c(NC3CCN(C(C)c4c(F)cc(F)cc4F)CC3)ncnc2s1.CC(C)Cc1cc2c(NC3CCN(C(C)c4c(F)cc(F)cc4F)CC3)ncnc2s1.CCC.CCO.Cl.Cl. The summed E-state index contributed by atoms with van der Waals surface area (Å²) in [6.07, 6.45) is 9.77. The van der Waals surface area contributed by atoms with E-state index in [4.69, 9.17) is 5.11 Å². The van der Waals surface area contributed by atoms with Gasteiger partial charge in [0, 0.05) is 102 Å². The minimum Gasteiger partial charge on any atom is -0.397 e. The fourth-order valence-electron chi connectivity index (χ4n) is 8.57. The predicted molar refractivity (Wildman–Crippen MR) is 281 cm³/mol. The van der Waals surface area contributed by atoms with Gasteiger partial charge in [0.25, 0.3) is 0 Å². The summed E-state index contributed by atoms with van der Waals surface area (Å²) < 4.78 is 83.2. The Morgan fingerprint density at radius 1 is 0.557 bits per heavy atom. The minimum atomic E-state index is -0.894. The van der Waals surface area contributed by atoms with Crippen molar-refractivity contribution in [3.05, 3.63) is 105 Å². The van der Waals surface area contributed by atoms with Crippen LogP contribution in [0.3, 0.4) is 0 Å². The van der Waals surface area contributed by atoms with E-state index in [1.807, 2.05) is 9.80 Å². The Morgan fingerprint density at radius 2 is 0.857 bits per heavy atom. The van der Waals surface area contributed by atoms with Crippen molar-refractivity contribution < 1.29 is 31.4 Å². The van der Waals surface area contributed by atoms with Gasteiger partial charge >= 0.3 is 0 Å². The second-order valence-corrected chi connectivity index (χ2v) is 20.6. The molecule has 388 valence electrons. The Labute approximate surface area is 430 Å². The lowest BCUT2D eigenvalue weighted by Crippen LogP contribution is -2.40. The van der Waals surface area contributed by atoms with E-state index in [1.54, 1.807) is 56.1 Å². The number of halogens is 8. The molecule has 0 saturated carbocycles. The third-order valence-corrected chi connectivity index (χ3v) is 13.9. The van der Waals surface area contributed by atoms with E-state index in [0.29, 0.717) is 38.0 Å². The third kappa shape index (κ3) is 16.6. The van der Waals surface area contributed by atoms with E-state index in [2.05, 4.69) is 84.2 Å². The quantitative estimate of drug-likeness (QED) is 0.103. The number of fused-ring (bicyclic) bond motifs is 2. The molecule has 2 atom stereocenters. The van der Waals surface area contributed by atoms with Crippen LogP contribution in [0.25, 0.3) is 20.4 Å². The van der Waals surface area contributed by atoms with Gasteiger partial charge in [-0.25, -0.2) is 46.3 Å². The molecule has 0 radical (unpaired) electrons. The molecular formula is C51H70Cl2F6N8OS2. The second kappa shape index (κ2) is 29.0. The molecule has 9 nitrogen and oxygen atoms in total. The number of aliphatic hydroxyl groups excluding tert-OH is 1. The van der Waals surface area contributed by atoms with E-state index >= 15 is 0 Å². The van der Waals surface area contributed by atoms with Gasteiger partial charge in [0.2, 0.25) is 0 Å². The summed E-state index contributed by atoms with van der Waals surface area (Å²) >= 11 is 3.42. The van der Waals surface area contributed by atoms with E-state index in [-0.39, 0.29) is 54.6 Å². The maximum atomic E-state index is 14.2. The molecule has 6 aromatic rings. The highest BCUT2D eigenvalue weighted by molar-refractivity contribution is 7.19. The predicted octanol–water partition coefficient (Wildman–Crippen LogP) is 14.1. The Balaban J connectivity index is 0.000000325. The van der Waals surface area contributed by atoms with Gasteiger partial charge in [-0.3, -0.25) is 9.80 Å². The molecule has 19 heteroatoms. The molecule has 0 bridgehead atoms. The summed E-state index contributed by atoms with van der Waals surface area (Å²) in [5.41, 5.74) is -0.137. The van der Waals surface area contributed by atoms with Gasteiger partial charge in [0.15, 0.2) is 0 Å². The first kappa shape index (κ1) is 60.5. The molecule has 3 N–H and O–H groups in total. The minimum absolute atomic E-state index is 0. The highest BCUT2D eigenvalue weighted by atomic mass is 35.5. The zero-order valence-corrected chi connectivity index (χ0v) is 44.9. The molecule has 2 aromatic carbocycles. The number of piperidine rings is 2. The standard InChI is InChI=1S/2C23H27F3N4S.C3H8.C2H6O.2ClH/c2*1-13(2)8-17-11-18-22(27-12-28-23(18)31-17)29-16-4-6-30(7-5-16)14(3)21-19(25)9-15(24)10-20(21)26;1-3-2;1-2-3;;/h2*9-14,16H,4-8H2,1-3H3,(H,27,28,29);3H2,1-2H3;3H,2H2,1H3;2*1H. The van der Waals surface area contributed by atoms with Gasteiger partial charge in [-0.15, -0.1) is 47.5 Å². The molecular weight excluding hydrogens is 990 g/mol. The van der Waals surface area contributed by atoms with Crippen molar-refractivity contribution in [1.82, 2.24) is 29.7 Å². The largest absolute Gasteiger partial charge is 0.397 e. The second-order valence-electron chi connectivity index (χ2n) is 18.4. The number of hydrogen-bond acceptors (Lipinski definition) is 11. The van der Waals surface area contributed by atoms with E-state index in [9.17, 15) is 26.3 Å². The smallest absolute Gasteiger partial charge is 0.138 e. The molecule has 2 aliphatic rings. The lowest BCUT2D eigenvalue weighted by molar-refractivity contribution is 0.161. The number of likely N-dealkylation sites (tertiary alicyclic amines) is 2. The zero-order valence-electron chi connectivity index (χ0n) is 41.6. The first-order valence-electron chi connectivity index (χ1n) is 23.8. The molecule has 70 heavy (non-hydrogen) atoms. The van der Waals surface area contributed by atoms with E-state index in [0.717, 1.165) is 94.9 Å². The summed E-state index contributed by atoms with van der Waals surface area (Å²) in [7, 11) is 0. The highest BCUT2D eigenvalue weighted by Crippen LogP contribution is 2.35. The Kier molecular flexibility index (Phi) is 25.1. The molecule has 2 fully saturated rings. The Hall–Kier alpha value is -3.84. The van der Waals surface area contributed by atoms with Crippen LogP contribution in [0.5, 0.6) is 0 Å². The van der Waals surface area contributed by atoms with Gasteiger partial charge in [-0.2, -0.15) is 0 Å². The van der Waals surface area contributed by atoms with Crippen molar-refractivity contribution in [2.45, 2.75) is 131 Å². The van der Waals surface area contributed by atoms with Gasteiger partial charge < -0.3 is 15.7 Å². The summed E-state index contributed by atoms with van der Waals surface area (Å²) in [6, 6.07) is 6.88. The van der Waals surface area contributed by atoms with Crippen LogP contribution < -0.4 is 10.6 Å². The average Bonchev–Trinajstić information content (AvgIpc) is 3.88. The van der Waals surface area contributed by atoms with Crippen LogP contribution >= 0.6 is 47.5 Å². The third-order valence-electron chi connectivity index (χ3n) is 11.7. The maximum absolute atomic E-state index is 14.2. The van der Waals surface area contributed by atoms with Crippen molar-refractivity contribution in [3.8, 4) is 0 Å². The molecule has 0 spiro atoms. The van der Waals surface area contributed by atoms with E-state index < -0.39 is 47.0 Å². The van der Waals surface area contributed by atoms with Crippen molar-refractivity contribution in [2.75, 3.05) is 43.4 Å². The van der Waals surface area contributed by atoms with Crippen molar-refractivity contribution in [1.29, 1.82) is 0 Å². The molecule has 8 rings (SSSR count). The number of rotatable bonds is 12. The number of thiophene rings is 2. The van der Waals surface area contributed by atoms with Crippen LogP contribution in [-0.2, 0) is 12.8 Å². The van der Waals surface area contributed by atoms with Crippen molar-refractivity contribution in [2.24, 2.45) is 11.8 Å². The Morgan fingerprint density at radius 3 is 1.14 bits per heavy atom. The number of anilines is 2. The molecule has 2 aliphatic heterocycles. The van der Waals surface area contributed by atoms with Crippen LogP contribution in [0, 0.1) is 46.7 Å². The van der Waals surface area contributed by atoms with Crippen molar-refractivity contribution >= 4 is 79.6 Å². The van der Waals surface area contributed by atoms with Crippen LogP contribution in [-0.4, -0.2) is 79.7 Å². The number of nitrogens with one attached hydrogen (secondary N) is 2. The molecule has 2 unspecified atom stereocenters. The molecule has 2 saturated heterocycles. The number of nitrogens with zero attached hydrogens (tertiary/aromatic N) is 6. The van der Waals surface area contributed by atoms with E-state index in [1.165, 1.54) is 16.2 Å². The summed E-state index contributed by atoms with van der Waals surface area (Å²) in [4.78, 5) is 26.4. The van der Waals surface area contributed by atoms with Gasteiger partial charge in [-0.05, 0) is 83.3 Å². The summed E-state index contributed by atoms with van der Waals surface area (Å²) in [5, 5.41) is 16.8. The monoisotopic (exact) mass is 1060 g/mol. The fraction of sp³-hybridized carbons (Fsp3) is 0.529. The first-order valence-corrected chi connectivity index (χ1v) is 25.5. The zero-order chi connectivity index (χ0) is 49.7. The normalized spacial score (nSPS) is 15.5. The summed E-state index contributed by atoms with van der Waals surface area (Å²) in [6.45, 7) is 21.3. The van der Waals surface area contributed by atoms with Crippen LogP contribution in [0.1, 0.15) is 127 Å². The summed E-state index contributed by atoms with van der Waals surface area (Å²) in [5.74, 6) is -2.25. The lowest BCUT2D eigenvalue weighted by atomic mass is 9.99. The van der Waals surface area contributed by atoms with Crippen LogP contribution in [0.4, 0.5) is 38.0 Å². The van der Waals surface area contributed by atoms with Gasteiger partial charge in [0.05, 0.1) is 10.8 Å². The Bertz CT molecular complexity index is 2300. The highest BCUT2D eigenvalue weighted by Gasteiger charge is 2.30. The number of benzene rings is 2. The number of hydrogen-bond donors (Lipinski definition) is 3. The lowest BCUT2D eigenvalue weighted by Gasteiger charge is -2.36. The average molecular weight is 1060 g/mol. The number of aromatic nitrogens is 4. The topological polar surface area (TPSA) is 102 Å². The fourth-order valence-corrected chi connectivity index (χ4v) is 11.0. The van der Waals surface area contributed by atoms with Gasteiger partial charge in [0.1, 0.15) is 68.9 Å². The molecule has 4 aromatic heterocycles. The maximum Gasteiger partial charge on any atom is 0.138 e. The van der Waals surface area contributed by atoms with Crippen molar-refractivity contribution in [3.63, 3.8) is 0 Å². The number of aliphatic hydroxyl groups is 1. The van der Waals surface area contributed by atoms with Crippen LogP contribution in [0.2, 0.25) is 0 Å². The first-order chi connectivity index (χ1) is 32.5. The molecule has 0 amide bonds. The van der Waals surface area contributed by atoms with Gasteiger partial charge in [-0.1, -0.05) is 48.0 Å². The molecule has 6 heterocycles.